The van der Waals surface area contributed by atoms with Crippen molar-refractivity contribution in [3.8, 4) is 11.5 Å². The molecular formula is C27H29NO4. The Morgan fingerprint density at radius 2 is 1.44 bits per heavy atom. The van der Waals surface area contributed by atoms with Gasteiger partial charge in [-0.3, -0.25) is 9.59 Å². The molecule has 0 unspecified atom stereocenters. The summed E-state index contributed by atoms with van der Waals surface area (Å²) in [6.07, 6.45) is 0.799. The number of benzene rings is 3. The van der Waals surface area contributed by atoms with Crippen LogP contribution < -0.4 is 14.8 Å². The van der Waals surface area contributed by atoms with Crippen molar-refractivity contribution in [1.29, 1.82) is 0 Å². The number of carbonyl (C=O) groups is 2. The van der Waals surface area contributed by atoms with Gasteiger partial charge in [0, 0.05) is 17.7 Å². The van der Waals surface area contributed by atoms with E-state index in [4.69, 9.17) is 9.47 Å². The van der Waals surface area contributed by atoms with Crippen LogP contribution in [0.2, 0.25) is 0 Å². The van der Waals surface area contributed by atoms with Crippen LogP contribution in [0.15, 0.2) is 78.9 Å². The predicted octanol–water partition coefficient (Wildman–Crippen LogP) is 6.00. The van der Waals surface area contributed by atoms with Gasteiger partial charge in [-0.05, 0) is 65.9 Å². The van der Waals surface area contributed by atoms with Crippen molar-refractivity contribution in [1.82, 2.24) is 0 Å². The van der Waals surface area contributed by atoms with E-state index < -0.39 is 0 Å². The normalized spacial score (nSPS) is 11.0. The lowest BCUT2D eigenvalue weighted by Crippen LogP contribution is -2.12. The van der Waals surface area contributed by atoms with Crippen molar-refractivity contribution in [2.45, 2.75) is 39.0 Å². The second kappa shape index (κ2) is 10.6. The summed E-state index contributed by atoms with van der Waals surface area (Å²) in [7, 11) is 0. The van der Waals surface area contributed by atoms with Crippen LogP contribution in [0.25, 0.3) is 0 Å². The van der Waals surface area contributed by atoms with E-state index in [1.807, 2.05) is 42.5 Å². The average molecular weight is 432 g/mol. The van der Waals surface area contributed by atoms with E-state index in [-0.39, 0.29) is 23.7 Å². The summed E-state index contributed by atoms with van der Waals surface area (Å²) in [4.78, 5) is 24.4. The van der Waals surface area contributed by atoms with Crippen LogP contribution in [-0.4, -0.2) is 18.5 Å². The smallest absolute Gasteiger partial charge is 0.311 e. The van der Waals surface area contributed by atoms with Gasteiger partial charge in [0.2, 0.25) is 0 Å². The molecule has 0 spiro atoms. The second-order valence-corrected chi connectivity index (χ2v) is 8.54. The third kappa shape index (κ3) is 6.98. The first-order chi connectivity index (χ1) is 15.3. The molecule has 0 radical (unpaired) electrons. The fourth-order valence-electron chi connectivity index (χ4n) is 3.04. The van der Waals surface area contributed by atoms with Crippen molar-refractivity contribution in [3.05, 3.63) is 90.0 Å². The zero-order valence-electron chi connectivity index (χ0n) is 18.8. The van der Waals surface area contributed by atoms with Gasteiger partial charge in [-0.1, -0.05) is 51.1 Å². The van der Waals surface area contributed by atoms with Crippen molar-refractivity contribution >= 4 is 17.6 Å². The minimum absolute atomic E-state index is 0.103. The van der Waals surface area contributed by atoms with Gasteiger partial charge in [0.05, 0.1) is 6.61 Å². The number of hydrogen-bond donors (Lipinski definition) is 1. The fourth-order valence-corrected chi connectivity index (χ4v) is 3.04. The molecule has 1 amide bonds. The highest BCUT2D eigenvalue weighted by Crippen LogP contribution is 2.24. The largest absolute Gasteiger partial charge is 0.494 e. The molecule has 166 valence electrons. The van der Waals surface area contributed by atoms with Gasteiger partial charge in [-0.2, -0.15) is 0 Å². The number of rotatable bonds is 8. The molecule has 0 saturated heterocycles. The minimum atomic E-state index is -0.335. The van der Waals surface area contributed by atoms with Crippen molar-refractivity contribution in [3.63, 3.8) is 0 Å². The van der Waals surface area contributed by atoms with Crippen LogP contribution in [0.4, 0.5) is 5.69 Å². The van der Waals surface area contributed by atoms with Crippen LogP contribution in [0, 0.1) is 0 Å². The molecule has 0 aliphatic heterocycles. The Balaban J connectivity index is 1.40. The number of carbonyl (C=O) groups excluding carboxylic acids is 2. The van der Waals surface area contributed by atoms with E-state index in [2.05, 4.69) is 38.2 Å². The van der Waals surface area contributed by atoms with E-state index in [9.17, 15) is 9.59 Å². The molecule has 3 aromatic rings. The molecule has 32 heavy (non-hydrogen) atoms. The topological polar surface area (TPSA) is 64.6 Å². The zero-order chi connectivity index (χ0) is 23.0. The highest BCUT2D eigenvalue weighted by Gasteiger charge is 2.13. The number of esters is 1. The SMILES string of the molecule is CC(C)(C)c1ccc(OCCCC(=O)Oc2ccc(C(=O)Nc3ccccc3)cc2)cc1. The van der Waals surface area contributed by atoms with Gasteiger partial charge < -0.3 is 14.8 Å². The van der Waals surface area contributed by atoms with Crippen LogP contribution >= 0.6 is 0 Å². The number of anilines is 1. The number of para-hydroxylation sites is 1. The molecule has 5 heteroatoms. The second-order valence-electron chi connectivity index (χ2n) is 8.54. The quantitative estimate of drug-likeness (QED) is 0.270. The number of amides is 1. The van der Waals surface area contributed by atoms with E-state index in [0.29, 0.717) is 24.3 Å². The molecule has 0 aliphatic carbocycles. The van der Waals surface area contributed by atoms with Crippen molar-refractivity contribution < 1.29 is 19.1 Å². The van der Waals surface area contributed by atoms with Gasteiger partial charge in [0.25, 0.3) is 5.91 Å². The molecule has 5 nitrogen and oxygen atoms in total. The summed E-state index contributed by atoms with van der Waals surface area (Å²) in [6, 6.07) is 23.8. The Bertz CT molecular complexity index is 1020. The fraction of sp³-hybridized carbons (Fsp3) is 0.259. The molecule has 0 aliphatic rings. The third-order valence-electron chi connectivity index (χ3n) is 4.89. The Kier molecular flexibility index (Phi) is 7.66. The molecule has 3 rings (SSSR count). The predicted molar refractivity (Wildman–Crippen MR) is 126 cm³/mol. The number of nitrogens with one attached hydrogen (secondary N) is 1. The monoisotopic (exact) mass is 431 g/mol. The Hall–Kier alpha value is -3.60. The van der Waals surface area contributed by atoms with Crippen molar-refractivity contribution in [2.75, 3.05) is 11.9 Å². The lowest BCUT2D eigenvalue weighted by molar-refractivity contribution is -0.134. The zero-order valence-corrected chi connectivity index (χ0v) is 18.8. The molecule has 0 saturated carbocycles. The molecule has 1 N–H and O–H groups in total. The number of ether oxygens (including phenoxy) is 2. The van der Waals surface area contributed by atoms with Crippen molar-refractivity contribution in [2.24, 2.45) is 0 Å². The molecule has 0 bridgehead atoms. The molecule has 0 fully saturated rings. The highest BCUT2D eigenvalue weighted by atomic mass is 16.5. The maximum atomic E-state index is 12.3. The maximum Gasteiger partial charge on any atom is 0.311 e. The standard InChI is InChI=1S/C27H29NO4/c1-27(2,3)21-13-17-23(18-14-21)31-19-7-10-25(29)32-24-15-11-20(12-16-24)26(30)28-22-8-5-4-6-9-22/h4-6,8-9,11-18H,7,10,19H2,1-3H3,(H,28,30). The summed E-state index contributed by atoms with van der Waals surface area (Å²) >= 11 is 0. The number of hydrogen-bond acceptors (Lipinski definition) is 4. The summed E-state index contributed by atoms with van der Waals surface area (Å²) < 4.78 is 11.1. The van der Waals surface area contributed by atoms with Crippen LogP contribution in [0.3, 0.4) is 0 Å². The van der Waals surface area contributed by atoms with Gasteiger partial charge >= 0.3 is 5.97 Å². The summed E-state index contributed by atoms with van der Waals surface area (Å²) in [6.45, 7) is 6.94. The van der Waals surface area contributed by atoms with Gasteiger partial charge in [-0.15, -0.1) is 0 Å². The van der Waals surface area contributed by atoms with E-state index in [1.54, 1.807) is 24.3 Å². The Morgan fingerprint density at radius 1 is 0.812 bits per heavy atom. The summed E-state index contributed by atoms with van der Waals surface area (Å²) in [5.41, 5.74) is 2.56. The average Bonchev–Trinajstić information content (AvgIpc) is 2.77. The first-order valence-electron chi connectivity index (χ1n) is 10.7. The van der Waals surface area contributed by atoms with Gasteiger partial charge in [0.15, 0.2) is 0 Å². The molecule has 0 aromatic heterocycles. The Labute approximate surface area is 189 Å². The van der Waals surface area contributed by atoms with Gasteiger partial charge in [-0.25, -0.2) is 0 Å². The lowest BCUT2D eigenvalue weighted by atomic mass is 9.87. The first kappa shape index (κ1) is 23.1. The van der Waals surface area contributed by atoms with E-state index >= 15 is 0 Å². The molecule has 0 heterocycles. The molecular weight excluding hydrogens is 402 g/mol. The minimum Gasteiger partial charge on any atom is -0.494 e. The molecule has 3 aromatic carbocycles. The van der Waals surface area contributed by atoms with Crippen LogP contribution in [-0.2, 0) is 10.2 Å². The van der Waals surface area contributed by atoms with Gasteiger partial charge in [0.1, 0.15) is 11.5 Å². The maximum absolute atomic E-state index is 12.3. The summed E-state index contributed by atoms with van der Waals surface area (Å²) in [5.74, 6) is 0.639. The lowest BCUT2D eigenvalue weighted by Gasteiger charge is -2.19. The van der Waals surface area contributed by atoms with E-state index in [0.717, 1.165) is 11.4 Å². The van der Waals surface area contributed by atoms with E-state index in [1.165, 1.54) is 5.56 Å². The Morgan fingerprint density at radius 3 is 2.06 bits per heavy atom. The highest BCUT2D eigenvalue weighted by molar-refractivity contribution is 6.04. The third-order valence-corrected chi connectivity index (χ3v) is 4.89. The van der Waals surface area contributed by atoms with Crippen LogP contribution in [0.1, 0.15) is 49.5 Å². The summed E-state index contributed by atoms with van der Waals surface area (Å²) in [5, 5.41) is 2.82. The first-order valence-corrected chi connectivity index (χ1v) is 10.7. The molecule has 0 atom stereocenters. The van der Waals surface area contributed by atoms with Crippen LogP contribution in [0.5, 0.6) is 11.5 Å².